The lowest BCUT2D eigenvalue weighted by atomic mass is 10.2. The van der Waals surface area contributed by atoms with E-state index in [0.717, 1.165) is 0 Å². The van der Waals surface area contributed by atoms with E-state index < -0.39 is 18.2 Å². The summed E-state index contributed by atoms with van der Waals surface area (Å²) in [5, 5.41) is 0.431. The number of hydrogen-bond donors (Lipinski definition) is 1. The Morgan fingerprint density at radius 3 is 2.29 bits per heavy atom. The number of alkyl halides is 2. The normalized spacial score (nSPS) is 10.2. The summed E-state index contributed by atoms with van der Waals surface area (Å²) in [6.45, 7) is 0. The van der Waals surface area contributed by atoms with Crippen molar-refractivity contribution < 1.29 is 18.4 Å². The van der Waals surface area contributed by atoms with Crippen molar-refractivity contribution in [3.05, 3.63) is 34.9 Å². The SMILES string of the molecule is O=C(NN(Br)C(=O)C(F)F)c1ccc(Cl)cc1. The van der Waals surface area contributed by atoms with Gasteiger partial charge in [0.2, 0.25) is 0 Å². The molecule has 1 aromatic carbocycles. The lowest BCUT2D eigenvalue weighted by molar-refractivity contribution is -0.138. The molecule has 0 spiro atoms. The predicted molar refractivity (Wildman–Crippen MR) is 60.7 cm³/mol. The number of hydrazine groups is 1. The molecule has 0 radical (unpaired) electrons. The smallest absolute Gasteiger partial charge is 0.267 e. The molecule has 0 atom stereocenters. The van der Waals surface area contributed by atoms with E-state index in [-0.39, 0.29) is 9.60 Å². The van der Waals surface area contributed by atoms with E-state index in [1.54, 1.807) is 0 Å². The van der Waals surface area contributed by atoms with Crippen LogP contribution >= 0.6 is 27.7 Å². The third-order valence-corrected chi connectivity index (χ3v) is 2.47. The molecule has 0 aliphatic carbocycles. The molecule has 0 fully saturated rings. The molecule has 0 aromatic heterocycles. The number of carbonyl (C=O) groups excluding carboxylic acids is 2. The quantitative estimate of drug-likeness (QED) is 0.670. The number of halogens is 4. The van der Waals surface area contributed by atoms with Crippen LogP contribution < -0.4 is 5.43 Å². The second-order valence-corrected chi connectivity index (χ2v) is 4.01. The summed E-state index contributed by atoms with van der Waals surface area (Å²) in [5.41, 5.74) is 2.12. The molecular formula is C9H6BrClF2N2O2. The molecule has 92 valence electrons. The fourth-order valence-electron chi connectivity index (χ4n) is 0.896. The van der Waals surface area contributed by atoms with Crippen molar-refractivity contribution in [2.75, 3.05) is 0 Å². The second-order valence-electron chi connectivity index (χ2n) is 2.87. The van der Waals surface area contributed by atoms with Crippen molar-refractivity contribution in [2.24, 2.45) is 0 Å². The summed E-state index contributed by atoms with van der Waals surface area (Å²) in [4.78, 5) is 22.2. The zero-order chi connectivity index (χ0) is 13.0. The number of nitrogens with zero attached hydrogens (tertiary/aromatic N) is 1. The molecule has 0 unspecified atom stereocenters. The third kappa shape index (κ3) is 3.94. The predicted octanol–water partition coefficient (Wildman–Crippen LogP) is 2.39. The van der Waals surface area contributed by atoms with Crippen molar-refractivity contribution >= 4 is 39.6 Å². The van der Waals surface area contributed by atoms with Gasteiger partial charge in [-0.3, -0.25) is 15.0 Å². The number of benzene rings is 1. The van der Waals surface area contributed by atoms with Crippen LogP contribution in [0.4, 0.5) is 8.78 Å². The molecular weight excluding hydrogens is 321 g/mol. The number of amides is 2. The highest BCUT2D eigenvalue weighted by Gasteiger charge is 2.23. The topological polar surface area (TPSA) is 49.4 Å². The Labute approximate surface area is 109 Å². The van der Waals surface area contributed by atoms with Gasteiger partial charge < -0.3 is 0 Å². The molecule has 17 heavy (non-hydrogen) atoms. The Bertz CT molecular complexity index is 428. The van der Waals surface area contributed by atoms with Gasteiger partial charge in [0.1, 0.15) is 0 Å². The maximum atomic E-state index is 12.0. The van der Waals surface area contributed by atoms with E-state index in [2.05, 4.69) is 16.1 Å². The van der Waals surface area contributed by atoms with Crippen molar-refractivity contribution in [1.29, 1.82) is 0 Å². The monoisotopic (exact) mass is 326 g/mol. The van der Waals surface area contributed by atoms with Gasteiger partial charge in [0.15, 0.2) is 0 Å². The van der Waals surface area contributed by atoms with Gasteiger partial charge in [-0.2, -0.15) is 12.8 Å². The Kier molecular flexibility index (Phi) is 4.83. The third-order valence-electron chi connectivity index (χ3n) is 1.69. The van der Waals surface area contributed by atoms with E-state index in [1.165, 1.54) is 24.3 Å². The maximum absolute atomic E-state index is 12.0. The highest BCUT2D eigenvalue weighted by Crippen LogP contribution is 2.10. The number of rotatable bonds is 2. The van der Waals surface area contributed by atoms with E-state index in [1.807, 2.05) is 5.43 Å². The van der Waals surface area contributed by atoms with Crippen LogP contribution in [-0.4, -0.2) is 22.3 Å². The summed E-state index contributed by atoms with van der Waals surface area (Å²) < 4.78 is 24.2. The van der Waals surface area contributed by atoms with Gasteiger partial charge in [-0.05, 0) is 24.3 Å². The van der Waals surface area contributed by atoms with Crippen LogP contribution in [0.3, 0.4) is 0 Å². The van der Waals surface area contributed by atoms with Crippen molar-refractivity contribution in [3.63, 3.8) is 0 Å². The van der Waals surface area contributed by atoms with Gasteiger partial charge in [-0.25, -0.2) is 0 Å². The van der Waals surface area contributed by atoms with Gasteiger partial charge in [-0.15, -0.1) is 0 Å². The molecule has 1 rings (SSSR count). The van der Waals surface area contributed by atoms with E-state index in [4.69, 9.17) is 11.6 Å². The molecule has 0 heterocycles. The average Bonchev–Trinajstić information content (AvgIpc) is 2.28. The molecule has 8 heteroatoms. The zero-order valence-corrected chi connectivity index (χ0v) is 10.5. The van der Waals surface area contributed by atoms with E-state index in [0.29, 0.717) is 5.02 Å². The highest BCUT2D eigenvalue weighted by atomic mass is 79.9. The molecule has 1 N–H and O–H groups in total. The summed E-state index contributed by atoms with van der Waals surface area (Å²) in [7, 11) is 0. The maximum Gasteiger partial charge on any atom is 0.318 e. The molecule has 0 bridgehead atoms. The number of nitrogens with one attached hydrogen (secondary N) is 1. The van der Waals surface area contributed by atoms with Gasteiger partial charge in [0, 0.05) is 10.6 Å². The van der Waals surface area contributed by atoms with Crippen LogP contribution in [0, 0.1) is 0 Å². The lowest BCUT2D eigenvalue weighted by Gasteiger charge is -2.14. The molecule has 2 amide bonds. The second kappa shape index (κ2) is 5.92. The molecule has 1 aromatic rings. The minimum Gasteiger partial charge on any atom is -0.267 e. The molecule has 0 aliphatic rings. The van der Waals surface area contributed by atoms with Gasteiger partial charge >= 0.3 is 12.3 Å². The fraction of sp³-hybridized carbons (Fsp3) is 0.111. The average molecular weight is 328 g/mol. The van der Waals surface area contributed by atoms with Crippen molar-refractivity contribution in [2.45, 2.75) is 6.43 Å². The summed E-state index contributed by atoms with van der Waals surface area (Å²) in [5.74, 6) is -2.28. The first-order chi connectivity index (χ1) is 7.91. The zero-order valence-electron chi connectivity index (χ0n) is 8.16. The Hall–Kier alpha value is -1.21. The lowest BCUT2D eigenvalue weighted by Crippen LogP contribution is -2.42. The summed E-state index contributed by atoms with van der Waals surface area (Å²) >= 11 is 8.11. The van der Waals surface area contributed by atoms with Crippen LogP contribution in [0.2, 0.25) is 5.02 Å². The van der Waals surface area contributed by atoms with Crippen molar-refractivity contribution in [1.82, 2.24) is 9.46 Å². The molecule has 0 saturated carbocycles. The summed E-state index contributed by atoms with van der Waals surface area (Å²) in [6, 6.07) is 5.71. The first-order valence-electron chi connectivity index (χ1n) is 4.26. The summed E-state index contributed by atoms with van der Waals surface area (Å²) in [6.07, 6.45) is -3.21. The number of carbonyl (C=O) groups is 2. The van der Waals surface area contributed by atoms with E-state index in [9.17, 15) is 18.4 Å². The minimum absolute atomic E-state index is 0.181. The van der Waals surface area contributed by atoms with Crippen LogP contribution in [0.5, 0.6) is 0 Å². The van der Waals surface area contributed by atoms with Crippen LogP contribution in [0.15, 0.2) is 24.3 Å². The molecule has 0 aliphatic heterocycles. The largest absolute Gasteiger partial charge is 0.318 e. The fourth-order valence-corrected chi connectivity index (χ4v) is 1.34. The van der Waals surface area contributed by atoms with E-state index >= 15 is 0 Å². The highest BCUT2D eigenvalue weighted by molar-refractivity contribution is 9.07. The van der Waals surface area contributed by atoms with Crippen LogP contribution in [-0.2, 0) is 4.79 Å². The molecule has 4 nitrogen and oxygen atoms in total. The van der Waals surface area contributed by atoms with Crippen LogP contribution in [0.25, 0.3) is 0 Å². The Morgan fingerprint density at radius 2 is 1.82 bits per heavy atom. The Balaban J connectivity index is 2.66. The van der Waals surface area contributed by atoms with Gasteiger partial charge in [-0.1, -0.05) is 11.6 Å². The Morgan fingerprint density at radius 1 is 1.29 bits per heavy atom. The van der Waals surface area contributed by atoms with Crippen molar-refractivity contribution in [3.8, 4) is 0 Å². The van der Waals surface area contributed by atoms with Crippen LogP contribution in [0.1, 0.15) is 10.4 Å². The van der Waals surface area contributed by atoms with Gasteiger partial charge in [0.25, 0.3) is 5.91 Å². The minimum atomic E-state index is -3.21. The number of hydrogen-bond acceptors (Lipinski definition) is 2. The standard InChI is InChI=1S/C9H6BrClF2N2O2/c10-15(9(17)7(12)13)14-8(16)5-1-3-6(11)4-2-5/h1-4,7H,(H,14,16). The molecule has 0 saturated heterocycles. The first-order valence-corrected chi connectivity index (χ1v) is 5.35. The first kappa shape index (κ1) is 13.9. The van der Waals surface area contributed by atoms with Gasteiger partial charge in [0.05, 0.1) is 16.1 Å².